The van der Waals surface area contributed by atoms with E-state index in [0.29, 0.717) is 35.4 Å². The molecule has 4 N–H and O–H groups in total. The van der Waals surface area contributed by atoms with E-state index in [2.05, 4.69) is 31.7 Å². The summed E-state index contributed by atoms with van der Waals surface area (Å²) in [6.45, 7) is 4.63. The van der Waals surface area contributed by atoms with E-state index in [1.54, 1.807) is 10.8 Å². The molecule has 1 fully saturated rings. The highest BCUT2D eigenvalue weighted by atomic mass is 32.2. The number of benzene rings is 1. The highest BCUT2D eigenvalue weighted by molar-refractivity contribution is 7.89. The van der Waals surface area contributed by atoms with Crippen molar-refractivity contribution in [1.82, 2.24) is 14.6 Å². The summed E-state index contributed by atoms with van der Waals surface area (Å²) in [6, 6.07) is 10.5. The van der Waals surface area contributed by atoms with E-state index in [1.807, 2.05) is 45.2 Å². The number of hydrogen-bond donors (Lipinski definition) is 3. The molecular weight excluding hydrogens is 436 g/mol. The van der Waals surface area contributed by atoms with Gasteiger partial charge in [-0.15, -0.1) is 0 Å². The van der Waals surface area contributed by atoms with Gasteiger partial charge < -0.3 is 25.8 Å². The van der Waals surface area contributed by atoms with E-state index in [-0.39, 0.29) is 5.54 Å². The van der Waals surface area contributed by atoms with E-state index in [4.69, 9.17) is 5.73 Å². The van der Waals surface area contributed by atoms with Crippen molar-refractivity contribution in [1.29, 1.82) is 5.26 Å². The van der Waals surface area contributed by atoms with Crippen LogP contribution < -0.4 is 21.3 Å². The van der Waals surface area contributed by atoms with Gasteiger partial charge in [0.1, 0.15) is 29.0 Å². The Morgan fingerprint density at radius 3 is 2.76 bits per heavy atom. The highest BCUT2D eigenvalue weighted by Crippen LogP contribution is 2.30. The van der Waals surface area contributed by atoms with Gasteiger partial charge in [-0.05, 0) is 44.9 Å². The predicted molar refractivity (Wildman–Crippen MR) is 133 cm³/mol. The minimum atomic E-state index is -1.00. The number of nitrogens with two attached hydrogens (primary N) is 1. The second-order valence-electron chi connectivity index (χ2n) is 9.38. The Balaban J connectivity index is 1.67. The number of nitrogens with one attached hydrogen (secondary N) is 2. The molecule has 174 valence electrons. The van der Waals surface area contributed by atoms with Gasteiger partial charge >= 0.3 is 0 Å². The van der Waals surface area contributed by atoms with E-state index < -0.39 is 11.2 Å². The zero-order valence-corrected chi connectivity index (χ0v) is 20.2. The maximum absolute atomic E-state index is 12.1. The molecule has 2 heterocycles. The van der Waals surface area contributed by atoms with Crippen LogP contribution in [0.1, 0.15) is 37.8 Å². The summed E-state index contributed by atoms with van der Waals surface area (Å²) in [5.74, 6) is 1.83. The number of anilines is 4. The molecule has 0 amide bonds. The second-order valence-corrected chi connectivity index (χ2v) is 10.8. The molecule has 2 aromatic heterocycles. The topological polar surface area (TPSA) is 130 Å². The molecule has 10 heteroatoms. The van der Waals surface area contributed by atoms with Crippen molar-refractivity contribution in [2.75, 3.05) is 35.4 Å². The van der Waals surface area contributed by atoms with Crippen molar-refractivity contribution in [2.45, 2.75) is 44.0 Å². The Morgan fingerprint density at radius 1 is 1.36 bits per heavy atom. The van der Waals surface area contributed by atoms with Crippen molar-refractivity contribution in [3.05, 3.63) is 41.6 Å². The van der Waals surface area contributed by atoms with Crippen LogP contribution in [0.4, 0.5) is 23.0 Å². The van der Waals surface area contributed by atoms with Gasteiger partial charge in [0.2, 0.25) is 0 Å². The lowest BCUT2D eigenvalue weighted by Gasteiger charge is -2.30. The number of likely N-dealkylation sites (N-methyl/N-ethyl adjacent to an activating group) is 1. The zero-order chi connectivity index (χ0) is 23.8. The average molecular weight is 467 g/mol. The molecule has 33 heavy (non-hydrogen) atoms. The molecule has 0 bridgehead atoms. The molecule has 3 aromatic rings. The minimum absolute atomic E-state index is 0.359. The van der Waals surface area contributed by atoms with Crippen LogP contribution in [0, 0.1) is 11.3 Å². The van der Waals surface area contributed by atoms with E-state index in [1.165, 1.54) is 6.20 Å². The maximum Gasteiger partial charge on any atom is 0.177 e. The lowest BCUT2D eigenvalue weighted by atomic mass is 10.1. The Kier molecular flexibility index (Phi) is 6.38. The van der Waals surface area contributed by atoms with Crippen molar-refractivity contribution in [3.63, 3.8) is 0 Å². The summed E-state index contributed by atoms with van der Waals surface area (Å²) >= 11 is -1.00. The predicted octanol–water partition coefficient (Wildman–Crippen LogP) is 2.97. The zero-order valence-electron chi connectivity index (χ0n) is 19.4. The number of aromatic nitrogens is 3. The van der Waals surface area contributed by atoms with Gasteiger partial charge in [0, 0.05) is 48.2 Å². The summed E-state index contributed by atoms with van der Waals surface area (Å²) in [6.07, 6.45) is 5.46. The normalized spacial score (nSPS) is 14.7. The number of nitriles is 1. The summed E-state index contributed by atoms with van der Waals surface area (Å²) in [5, 5.41) is 20.6. The summed E-state index contributed by atoms with van der Waals surface area (Å²) < 4.78 is 13.7. The van der Waals surface area contributed by atoms with Crippen LogP contribution >= 0.6 is 0 Å². The van der Waals surface area contributed by atoms with Gasteiger partial charge in [-0.1, -0.05) is 11.2 Å². The summed E-state index contributed by atoms with van der Waals surface area (Å²) in [5.41, 5.74) is 9.56. The molecular formula is C23H30N8OS. The molecule has 4 rings (SSSR count). The SMILES string of the molecule is CN(CC(C)(C)N)c1ccc(Nc2cc(NC3CC3)n3ncc(C#N)c3n2)cc1C[S+](C)[O-]. The fourth-order valence-corrected chi connectivity index (χ4v) is 4.53. The first-order chi connectivity index (χ1) is 15.6. The molecule has 0 aliphatic heterocycles. The van der Waals surface area contributed by atoms with Crippen LogP contribution in [0.3, 0.4) is 0 Å². The Bertz CT molecular complexity index is 1190. The quantitative estimate of drug-likeness (QED) is 0.410. The molecule has 0 spiro atoms. The van der Waals surface area contributed by atoms with Gasteiger partial charge in [0.15, 0.2) is 5.65 Å². The number of rotatable bonds is 9. The lowest BCUT2D eigenvalue weighted by Crippen LogP contribution is -2.44. The van der Waals surface area contributed by atoms with E-state index in [9.17, 15) is 9.81 Å². The highest BCUT2D eigenvalue weighted by Gasteiger charge is 2.23. The first-order valence-electron chi connectivity index (χ1n) is 10.9. The third-order valence-corrected chi connectivity index (χ3v) is 6.01. The standard InChI is InChI=1S/C23H30N8OS/c1-23(2,25)14-30(3)19-8-7-18(9-15(19)13-33(4)32)27-20-10-21(28-17-5-6-17)31-22(29-20)16(11-24)12-26-31/h7-10,12,17,28H,5-6,13-14,25H2,1-4H3,(H,27,29). The minimum Gasteiger partial charge on any atom is -0.616 e. The largest absolute Gasteiger partial charge is 0.616 e. The van der Waals surface area contributed by atoms with Gasteiger partial charge in [0.25, 0.3) is 0 Å². The fraction of sp³-hybridized carbons (Fsp3) is 0.435. The number of nitrogens with zero attached hydrogens (tertiary/aromatic N) is 5. The number of fused-ring (bicyclic) bond motifs is 1. The molecule has 0 saturated heterocycles. The Hall–Kier alpha value is -3.00. The van der Waals surface area contributed by atoms with Crippen LogP contribution in [0.15, 0.2) is 30.5 Å². The number of hydrogen-bond acceptors (Lipinski definition) is 8. The third kappa shape index (κ3) is 5.68. The van der Waals surface area contributed by atoms with E-state index >= 15 is 0 Å². The van der Waals surface area contributed by atoms with Crippen LogP contribution in [0.2, 0.25) is 0 Å². The molecule has 1 aliphatic rings. The molecule has 1 aromatic carbocycles. The van der Waals surface area contributed by atoms with Crippen molar-refractivity contribution < 1.29 is 4.55 Å². The van der Waals surface area contributed by atoms with Crippen molar-refractivity contribution in [2.24, 2.45) is 5.73 Å². The Morgan fingerprint density at radius 2 is 2.12 bits per heavy atom. The molecule has 0 radical (unpaired) electrons. The lowest BCUT2D eigenvalue weighted by molar-refractivity contribution is 0.519. The third-order valence-electron chi connectivity index (χ3n) is 5.29. The summed E-state index contributed by atoms with van der Waals surface area (Å²) in [7, 11) is 1.99. The second kappa shape index (κ2) is 9.09. The first-order valence-corrected chi connectivity index (χ1v) is 12.6. The van der Waals surface area contributed by atoms with Gasteiger partial charge in [-0.25, -0.2) is 4.98 Å². The van der Waals surface area contributed by atoms with E-state index in [0.717, 1.165) is 35.6 Å². The molecule has 1 atom stereocenters. The molecule has 1 unspecified atom stereocenters. The monoisotopic (exact) mass is 466 g/mol. The van der Waals surface area contributed by atoms with Gasteiger partial charge in [0.05, 0.1) is 12.5 Å². The van der Waals surface area contributed by atoms with Crippen LogP contribution in [0.25, 0.3) is 5.65 Å². The fourth-order valence-electron chi connectivity index (χ4n) is 3.86. The van der Waals surface area contributed by atoms with Gasteiger partial charge in [-0.3, -0.25) is 0 Å². The average Bonchev–Trinajstić information content (AvgIpc) is 3.42. The molecule has 1 aliphatic carbocycles. The molecule has 1 saturated carbocycles. The smallest absolute Gasteiger partial charge is 0.177 e. The summed E-state index contributed by atoms with van der Waals surface area (Å²) in [4.78, 5) is 6.72. The van der Waals surface area contributed by atoms with Crippen LogP contribution in [0.5, 0.6) is 0 Å². The first kappa shape index (κ1) is 23.2. The van der Waals surface area contributed by atoms with Crippen LogP contribution in [-0.4, -0.2) is 50.6 Å². The maximum atomic E-state index is 12.1. The Labute approximate surface area is 197 Å². The van der Waals surface area contributed by atoms with Crippen molar-refractivity contribution in [3.8, 4) is 6.07 Å². The van der Waals surface area contributed by atoms with Crippen molar-refractivity contribution >= 4 is 39.8 Å². The van der Waals surface area contributed by atoms with Crippen LogP contribution in [-0.2, 0) is 16.9 Å². The molecule has 9 nitrogen and oxygen atoms in total. The van der Waals surface area contributed by atoms with Gasteiger partial charge in [-0.2, -0.15) is 14.9 Å².